The van der Waals surface area contributed by atoms with Gasteiger partial charge in [0.15, 0.2) is 0 Å². The molecule has 0 atom stereocenters. The van der Waals surface area contributed by atoms with Gasteiger partial charge in [0.05, 0.1) is 26.2 Å². The van der Waals surface area contributed by atoms with Crippen LogP contribution in [0.15, 0.2) is 0 Å². The van der Waals surface area contributed by atoms with E-state index in [9.17, 15) is 0 Å². The third-order valence-corrected chi connectivity index (χ3v) is 3.79. The van der Waals surface area contributed by atoms with Crippen LogP contribution in [-0.4, -0.2) is 37.2 Å². The summed E-state index contributed by atoms with van der Waals surface area (Å²) in [6.45, 7) is 13.2. The molecule has 2 N–H and O–H groups in total. The smallest absolute Gasteiger partial charge is 0.0798 e. The fraction of sp³-hybridized carbons (Fsp3) is 1.00. The lowest BCUT2D eigenvalue weighted by Gasteiger charge is -2.39. The highest BCUT2D eigenvalue weighted by Gasteiger charge is 2.24. The van der Waals surface area contributed by atoms with Gasteiger partial charge in [-0.1, -0.05) is 40.0 Å². The van der Waals surface area contributed by atoms with Gasteiger partial charge in [-0.2, -0.15) is 0 Å². The number of nitrogens with two attached hydrogens (primary N) is 1. The predicted molar refractivity (Wildman–Crippen MR) is 78.1 cm³/mol. The Morgan fingerprint density at radius 3 is 1.28 bits per heavy atom. The van der Waals surface area contributed by atoms with E-state index in [1.54, 1.807) is 0 Å². The van der Waals surface area contributed by atoms with Gasteiger partial charge in [0.1, 0.15) is 0 Å². The van der Waals surface area contributed by atoms with Crippen molar-refractivity contribution in [3.8, 4) is 0 Å². The van der Waals surface area contributed by atoms with Crippen LogP contribution in [0, 0.1) is 0 Å². The standard InChI is InChI=1S/C15H35N2.BrH/c1-4-7-12-17(13-8-5-2,14-9-6-3)15-10-11-16;/h4-16H2,1-3H3;1H/q+1;/p-1. The van der Waals surface area contributed by atoms with Crippen molar-refractivity contribution in [2.45, 2.75) is 65.7 Å². The van der Waals surface area contributed by atoms with Crippen molar-refractivity contribution in [3.05, 3.63) is 0 Å². The molecule has 2 nitrogen and oxygen atoms in total. The third-order valence-electron chi connectivity index (χ3n) is 3.79. The molecule has 0 aromatic rings. The molecule has 0 aliphatic rings. The van der Waals surface area contributed by atoms with Crippen LogP contribution in [0.5, 0.6) is 0 Å². The Labute approximate surface area is 126 Å². The van der Waals surface area contributed by atoms with Crippen molar-refractivity contribution < 1.29 is 21.5 Å². The van der Waals surface area contributed by atoms with Gasteiger partial charge in [-0.05, 0) is 25.8 Å². The molecule has 0 aromatic carbocycles. The highest BCUT2D eigenvalue weighted by atomic mass is 79.9. The molecule has 0 radical (unpaired) electrons. The molecule has 3 heteroatoms. The average molecular weight is 323 g/mol. The Kier molecular flexibility index (Phi) is 15.9. The van der Waals surface area contributed by atoms with E-state index in [1.807, 2.05) is 0 Å². The van der Waals surface area contributed by atoms with Gasteiger partial charge in [0.25, 0.3) is 0 Å². The lowest BCUT2D eigenvalue weighted by molar-refractivity contribution is -0.929. The number of quaternary nitrogens is 1. The Morgan fingerprint density at radius 1 is 0.667 bits per heavy atom. The molecule has 18 heavy (non-hydrogen) atoms. The zero-order valence-electron chi connectivity index (χ0n) is 12.9. The van der Waals surface area contributed by atoms with Crippen LogP contribution in [0.3, 0.4) is 0 Å². The number of nitrogens with zero attached hydrogens (tertiary/aromatic N) is 1. The molecule has 0 aromatic heterocycles. The van der Waals surface area contributed by atoms with Crippen molar-refractivity contribution in [1.29, 1.82) is 0 Å². The summed E-state index contributed by atoms with van der Waals surface area (Å²) in [5, 5.41) is 0. The Hall–Kier alpha value is 0.400. The van der Waals surface area contributed by atoms with Crippen molar-refractivity contribution in [1.82, 2.24) is 0 Å². The summed E-state index contributed by atoms with van der Waals surface area (Å²) in [7, 11) is 0. The molecule has 0 spiro atoms. The fourth-order valence-electron chi connectivity index (χ4n) is 2.58. The summed E-state index contributed by atoms with van der Waals surface area (Å²) in [5.41, 5.74) is 5.71. The van der Waals surface area contributed by atoms with Crippen LogP contribution in [0.4, 0.5) is 0 Å². The number of halogens is 1. The van der Waals surface area contributed by atoms with Crippen LogP contribution in [0.25, 0.3) is 0 Å². The molecular weight excluding hydrogens is 288 g/mol. The van der Waals surface area contributed by atoms with E-state index < -0.39 is 0 Å². The minimum Gasteiger partial charge on any atom is -1.00 e. The second-order valence-electron chi connectivity index (χ2n) is 5.44. The van der Waals surface area contributed by atoms with E-state index in [1.165, 1.54) is 75.6 Å². The molecule has 0 rings (SSSR count). The maximum absolute atomic E-state index is 5.71. The minimum absolute atomic E-state index is 0. The molecule has 0 unspecified atom stereocenters. The molecular formula is C15H35BrN2. The van der Waals surface area contributed by atoms with E-state index >= 15 is 0 Å². The summed E-state index contributed by atoms with van der Waals surface area (Å²) in [5.74, 6) is 0. The number of rotatable bonds is 12. The zero-order valence-corrected chi connectivity index (χ0v) is 14.5. The molecule has 0 fully saturated rings. The topological polar surface area (TPSA) is 26.0 Å². The molecule has 0 heterocycles. The van der Waals surface area contributed by atoms with Crippen molar-refractivity contribution in [2.75, 3.05) is 32.7 Å². The van der Waals surface area contributed by atoms with Crippen LogP contribution in [-0.2, 0) is 0 Å². The molecule has 0 aliphatic carbocycles. The lowest BCUT2D eigenvalue weighted by atomic mass is 10.1. The predicted octanol–water partition coefficient (Wildman–Crippen LogP) is 0.556. The summed E-state index contributed by atoms with van der Waals surface area (Å²) in [4.78, 5) is 0. The average Bonchev–Trinajstić information content (AvgIpc) is 2.37. The first-order chi connectivity index (χ1) is 8.24. The molecule has 112 valence electrons. The highest BCUT2D eigenvalue weighted by Crippen LogP contribution is 2.15. The van der Waals surface area contributed by atoms with Crippen LogP contribution < -0.4 is 22.7 Å². The second-order valence-corrected chi connectivity index (χ2v) is 5.44. The van der Waals surface area contributed by atoms with Crippen molar-refractivity contribution in [2.24, 2.45) is 5.73 Å². The third kappa shape index (κ3) is 9.35. The summed E-state index contributed by atoms with van der Waals surface area (Å²) < 4.78 is 1.34. The maximum atomic E-state index is 5.71. The normalized spacial score (nSPS) is 11.3. The Balaban J connectivity index is 0. The zero-order chi connectivity index (χ0) is 13.0. The first kappa shape index (κ1) is 20.7. The summed E-state index contributed by atoms with van der Waals surface area (Å²) >= 11 is 0. The van der Waals surface area contributed by atoms with Gasteiger partial charge in [-0.15, -0.1) is 0 Å². The molecule has 0 saturated heterocycles. The lowest BCUT2D eigenvalue weighted by Crippen LogP contribution is -3.00. The second kappa shape index (κ2) is 13.8. The Morgan fingerprint density at radius 2 is 1.00 bits per heavy atom. The van der Waals surface area contributed by atoms with Crippen molar-refractivity contribution in [3.63, 3.8) is 0 Å². The number of hydrogen-bond acceptors (Lipinski definition) is 1. The van der Waals surface area contributed by atoms with E-state index in [0.717, 1.165) is 6.54 Å². The molecule has 0 saturated carbocycles. The summed E-state index contributed by atoms with van der Waals surface area (Å²) in [6, 6.07) is 0. The van der Waals surface area contributed by atoms with E-state index in [-0.39, 0.29) is 17.0 Å². The van der Waals surface area contributed by atoms with E-state index in [0.29, 0.717) is 0 Å². The van der Waals surface area contributed by atoms with Crippen LogP contribution >= 0.6 is 0 Å². The largest absolute Gasteiger partial charge is 1.00 e. The number of unbranched alkanes of at least 4 members (excludes halogenated alkanes) is 3. The van der Waals surface area contributed by atoms with Crippen LogP contribution in [0.1, 0.15) is 65.7 Å². The highest BCUT2D eigenvalue weighted by molar-refractivity contribution is 4.50. The quantitative estimate of drug-likeness (QED) is 0.522. The minimum atomic E-state index is 0. The van der Waals surface area contributed by atoms with Crippen LogP contribution in [0.2, 0.25) is 0 Å². The number of hydrogen-bond donors (Lipinski definition) is 1. The van der Waals surface area contributed by atoms with Gasteiger partial charge < -0.3 is 27.2 Å². The van der Waals surface area contributed by atoms with Gasteiger partial charge in [-0.3, -0.25) is 0 Å². The van der Waals surface area contributed by atoms with Gasteiger partial charge in [0.2, 0.25) is 0 Å². The van der Waals surface area contributed by atoms with E-state index in [2.05, 4.69) is 20.8 Å². The molecule has 0 aliphatic heterocycles. The SMILES string of the molecule is CCCC[N+](CCCC)(CCCC)CCCN.[Br-]. The van der Waals surface area contributed by atoms with Gasteiger partial charge in [0, 0.05) is 6.42 Å². The molecule has 0 amide bonds. The molecule has 0 bridgehead atoms. The van der Waals surface area contributed by atoms with Gasteiger partial charge in [-0.25, -0.2) is 0 Å². The first-order valence-corrected chi connectivity index (χ1v) is 7.79. The Bertz CT molecular complexity index is 125. The van der Waals surface area contributed by atoms with E-state index in [4.69, 9.17) is 5.73 Å². The first-order valence-electron chi connectivity index (χ1n) is 7.79. The summed E-state index contributed by atoms with van der Waals surface area (Å²) in [6.07, 6.45) is 9.27. The monoisotopic (exact) mass is 322 g/mol. The van der Waals surface area contributed by atoms with Crippen molar-refractivity contribution >= 4 is 0 Å². The fourth-order valence-corrected chi connectivity index (χ4v) is 2.58. The van der Waals surface area contributed by atoms with Gasteiger partial charge >= 0.3 is 0 Å². The maximum Gasteiger partial charge on any atom is 0.0798 e.